The van der Waals surface area contributed by atoms with E-state index in [2.05, 4.69) is 26.0 Å². The number of nitrogens with zero attached hydrogens (tertiary/aromatic N) is 4. The third kappa shape index (κ3) is 8.12. The maximum atomic E-state index is 13.7. The lowest BCUT2D eigenvalue weighted by atomic mass is 10.0. The van der Waals surface area contributed by atoms with E-state index in [0.717, 1.165) is 18.4 Å². The summed E-state index contributed by atoms with van der Waals surface area (Å²) >= 11 is 0. The van der Waals surface area contributed by atoms with Gasteiger partial charge in [-0.3, -0.25) is 19.2 Å². The van der Waals surface area contributed by atoms with Crippen LogP contribution in [0.5, 0.6) is 0 Å². The zero-order valence-electron chi connectivity index (χ0n) is 23.7. The van der Waals surface area contributed by atoms with Gasteiger partial charge in [-0.25, -0.2) is 9.67 Å². The third-order valence-electron chi connectivity index (χ3n) is 7.27. The average Bonchev–Trinajstić information content (AvgIpc) is 3.70. The quantitative estimate of drug-likeness (QED) is 0.529. The molecule has 2 atom stereocenters. The van der Waals surface area contributed by atoms with Gasteiger partial charge in [0.15, 0.2) is 5.82 Å². The molecule has 4 amide bonds. The normalized spacial score (nSPS) is 22.0. The SMILES string of the molecule is Cc1nc2n(n1)CC(=O)NCCCN(C(=O)C1CC1)CCCC(=O)N[C@H](Cc1ccccc1)C(=O)N[C@H]2C(C)C. The minimum Gasteiger partial charge on any atom is -0.354 e. The summed E-state index contributed by atoms with van der Waals surface area (Å²) in [6, 6.07) is 8.22. The summed E-state index contributed by atoms with van der Waals surface area (Å²) in [4.78, 5) is 58.7. The maximum absolute atomic E-state index is 13.7. The van der Waals surface area contributed by atoms with E-state index in [1.807, 2.05) is 44.2 Å². The molecule has 40 heavy (non-hydrogen) atoms. The number of fused-ring (bicyclic) bond motifs is 1. The lowest BCUT2D eigenvalue weighted by Crippen LogP contribution is -2.50. The lowest BCUT2D eigenvalue weighted by molar-refractivity contribution is -0.133. The minimum absolute atomic E-state index is 0.0375. The molecule has 0 saturated heterocycles. The summed E-state index contributed by atoms with van der Waals surface area (Å²) in [7, 11) is 0. The van der Waals surface area contributed by atoms with Gasteiger partial charge in [0.2, 0.25) is 23.6 Å². The number of aromatic nitrogens is 3. The predicted molar refractivity (Wildman–Crippen MR) is 149 cm³/mol. The van der Waals surface area contributed by atoms with Gasteiger partial charge >= 0.3 is 0 Å². The van der Waals surface area contributed by atoms with Gasteiger partial charge in [0, 0.05) is 38.4 Å². The van der Waals surface area contributed by atoms with E-state index < -0.39 is 12.1 Å². The Morgan fingerprint density at radius 1 is 1.02 bits per heavy atom. The monoisotopic (exact) mass is 551 g/mol. The molecule has 0 bridgehead atoms. The Balaban J connectivity index is 1.59. The summed E-state index contributed by atoms with van der Waals surface area (Å²) in [6.07, 6.45) is 3.44. The van der Waals surface area contributed by atoms with Crippen LogP contribution in [0.2, 0.25) is 0 Å². The van der Waals surface area contributed by atoms with Gasteiger partial charge in [-0.15, -0.1) is 0 Å². The molecule has 2 aromatic rings. The topological polar surface area (TPSA) is 138 Å². The second-order valence-corrected chi connectivity index (χ2v) is 11.1. The molecule has 1 aliphatic heterocycles. The number of aryl methyl sites for hydroxylation is 1. The van der Waals surface area contributed by atoms with Crippen LogP contribution in [0, 0.1) is 18.8 Å². The van der Waals surface area contributed by atoms with E-state index in [1.165, 1.54) is 4.68 Å². The molecule has 1 fully saturated rings. The van der Waals surface area contributed by atoms with Gasteiger partial charge < -0.3 is 20.9 Å². The van der Waals surface area contributed by atoms with E-state index in [1.54, 1.807) is 11.8 Å². The van der Waals surface area contributed by atoms with Crippen molar-refractivity contribution in [2.75, 3.05) is 19.6 Å². The zero-order valence-corrected chi connectivity index (χ0v) is 23.7. The van der Waals surface area contributed by atoms with Crippen LogP contribution in [0.15, 0.2) is 30.3 Å². The van der Waals surface area contributed by atoms with E-state index in [4.69, 9.17) is 0 Å². The molecular formula is C29H41N7O4. The number of benzene rings is 1. The first-order chi connectivity index (χ1) is 19.2. The molecule has 2 heterocycles. The van der Waals surface area contributed by atoms with Crippen LogP contribution >= 0.6 is 0 Å². The first-order valence-corrected chi connectivity index (χ1v) is 14.3. The molecular weight excluding hydrogens is 510 g/mol. The molecule has 1 aromatic carbocycles. The van der Waals surface area contributed by atoms with Crippen LogP contribution in [0.25, 0.3) is 0 Å². The van der Waals surface area contributed by atoms with Gasteiger partial charge in [-0.05, 0) is 44.1 Å². The van der Waals surface area contributed by atoms with E-state index in [9.17, 15) is 19.2 Å². The van der Waals surface area contributed by atoms with Gasteiger partial charge in [0.1, 0.15) is 18.4 Å². The standard InChI is InChI=1S/C29H41N7O4/c1-19(2)26-27-31-20(3)34-36(27)18-25(38)30-14-8-16-35(29(40)22-12-13-22)15-7-11-24(37)32-23(28(39)33-26)17-21-9-5-4-6-10-21/h4-6,9-10,19,22-23,26H,7-8,11-18H2,1-3H3,(H,30,38)(H,32,37)(H,33,39)/t23-,26+/m1/s1. The van der Waals surface area contributed by atoms with Crippen molar-refractivity contribution in [3.8, 4) is 0 Å². The first-order valence-electron chi connectivity index (χ1n) is 14.3. The fourth-order valence-corrected chi connectivity index (χ4v) is 4.97. The van der Waals surface area contributed by atoms with Crippen molar-refractivity contribution in [3.63, 3.8) is 0 Å². The zero-order chi connectivity index (χ0) is 28.6. The number of rotatable bonds is 4. The highest BCUT2D eigenvalue weighted by atomic mass is 16.2. The largest absolute Gasteiger partial charge is 0.354 e. The number of nitrogens with one attached hydrogen (secondary N) is 3. The highest BCUT2D eigenvalue weighted by Gasteiger charge is 2.33. The van der Waals surface area contributed by atoms with Crippen LogP contribution in [-0.2, 0) is 32.1 Å². The second kappa shape index (κ2) is 13.5. The Bertz CT molecular complexity index is 1190. The number of carbonyl (C=O) groups is 4. The van der Waals surface area contributed by atoms with Crippen molar-refractivity contribution in [2.45, 2.75) is 77.9 Å². The smallest absolute Gasteiger partial charge is 0.243 e. The summed E-state index contributed by atoms with van der Waals surface area (Å²) in [5.74, 6) is 0.342. The molecule has 1 saturated carbocycles. The third-order valence-corrected chi connectivity index (χ3v) is 7.27. The Morgan fingerprint density at radius 3 is 2.45 bits per heavy atom. The Morgan fingerprint density at radius 2 is 1.75 bits per heavy atom. The van der Waals surface area contributed by atoms with Crippen molar-refractivity contribution < 1.29 is 19.2 Å². The first kappa shape index (κ1) is 29.2. The van der Waals surface area contributed by atoms with Crippen LogP contribution in [0.3, 0.4) is 0 Å². The van der Waals surface area contributed by atoms with Crippen molar-refractivity contribution >= 4 is 23.6 Å². The highest BCUT2D eigenvalue weighted by molar-refractivity contribution is 5.88. The molecule has 11 heteroatoms. The maximum Gasteiger partial charge on any atom is 0.243 e. The Labute approximate surface area is 235 Å². The lowest BCUT2D eigenvalue weighted by Gasteiger charge is -2.26. The van der Waals surface area contributed by atoms with Gasteiger partial charge in [0.25, 0.3) is 0 Å². The molecule has 4 rings (SSSR count). The van der Waals surface area contributed by atoms with Crippen LogP contribution in [0.4, 0.5) is 0 Å². The number of hydrogen-bond acceptors (Lipinski definition) is 6. The predicted octanol–water partition coefficient (Wildman–Crippen LogP) is 1.67. The molecule has 11 nitrogen and oxygen atoms in total. The summed E-state index contributed by atoms with van der Waals surface area (Å²) < 4.78 is 1.53. The minimum atomic E-state index is -0.806. The van der Waals surface area contributed by atoms with Crippen molar-refractivity contribution in [3.05, 3.63) is 47.5 Å². The van der Waals surface area contributed by atoms with Crippen LogP contribution in [0.1, 0.15) is 69.2 Å². The second-order valence-electron chi connectivity index (χ2n) is 11.1. The fraction of sp³-hybridized carbons (Fsp3) is 0.586. The van der Waals surface area contributed by atoms with Crippen LogP contribution < -0.4 is 16.0 Å². The summed E-state index contributed by atoms with van der Waals surface area (Å²) in [6.45, 7) is 7.03. The van der Waals surface area contributed by atoms with E-state index >= 15 is 0 Å². The molecule has 3 N–H and O–H groups in total. The van der Waals surface area contributed by atoms with Crippen molar-refractivity contribution in [2.24, 2.45) is 11.8 Å². The van der Waals surface area contributed by atoms with Gasteiger partial charge in [-0.2, -0.15) is 5.10 Å². The summed E-state index contributed by atoms with van der Waals surface area (Å²) in [5.41, 5.74) is 0.920. The molecule has 0 unspecified atom stereocenters. The van der Waals surface area contributed by atoms with E-state index in [-0.39, 0.29) is 48.4 Å². The molecule has 0 radical (unpaired) electrons. The highest BCUT2D eigenvalue weighted by Crippen LogP contribution is 2.31. The molecule has 1 aromatic heterocycles. The number of carbonyl (C=O) groups excluding carboxylic acids is 4. The molecule has 1 aliphatic carbocycles. The van der Waals surface area contributed by atoms with Gasteiger partial charge in [0.05, 0.1) is 6.04 Å². The number of amides is 4. The Kier molecular flexibility index (Phi) is 9.89. The van der Waals surface area contributed by atoms with Crippen molar-refractivity contribution in [1.29, 1.82) is 0 Å². The molecule has 2 aliphatic rings. The molecule has 0 spiro atoms. The van der Waals surface area contributed by atoms with Gasteiger partial charge in [-0.1, -0.05) is 44.2 Å². The van der Waals surface area contributed by atoms with Crippen LogP contribution in [-0.4, -0.2) is 69.0 Å². The average molecular weight is 552 g/mol. The van der Waals surface area contributed by atoms with E-state index in [0.29, 0.717) is 50.5 Å². The number of hydrogen-bond donors (Lipinski definition) is 3. The Hall–Kier alpha value is -3.76. The van der Waals surface area contributed by atoms with Crippen molar-refractivity contribution in [1.82, 2.24) is 35.6 Å². The summed E-state index contributed by atoms with van der Waals surface area (Å²) in [5, 5.41) is 13.3. The molecule has 216 valence electrons. The fourth-order valence-electron chi connectivity index (χ4n) is 4.97.